The van der Waals surface area contributed by atoms with Crippen LogP contribution in [0.3, 0.4) is 0 Å². The first-order valence-electron chi connectivity index (χ1n) is 8.71. The van der Waals surface area contributed by atoms with E-state index in [-0.39, 0.29) is 11.9 Å². The highest BCUT2D eigenvalue weighted by Crippen LogP contribution is 2.22. The molecule has 1 N–H and O–H groups in total. The van der Waals surface area contributed by atoms with E-state index in [4.69, 9.17) is 16.3 Å². The molecule has 1 unspecified atom stereocenters. The molecule has 1 saturated carbocycles. The number of benzene rings is 1. The van der Waals surface area contributed by atoms with Crippen molar-refractivity contribution >= 4 is 17.5 Å². The molecule has 1 fully saturated rings. The topological polar surface area (TPSA) is 69.0 Å². The molecule has 7 heteroatoms. The lowest BCUT2D eigenvalue weighted by Gasteiger charge is -2.14. The third kappa shape index (κ3) is 4.12. The SMILES string of the molecule is CCc1nc(OC(CC)C(=O)NC2CC2)nn1-c1ccc(Cl)c(C)c1. The first-order chi connectivity index (χ1) is 12.0. The molecule has 1 aromatic heterocycles. The van der Waals surface area contributed by atoms with Gasteiger partial charge in [-0.25, -0.2) is 4.68 Å². The number of carbonyl (C=O) groups is 1. The van der Waals surface area contributed by atoms with Crippen molar-refractivity contribution in [3.05, 3.63) is 34.6 Å². The van der Waals surface area contributed by atoms with Gasteiger partial charge in [-0.3, -0.25) is 4.79 Å². The Kier molecular flexibility index (Phi) is 5.27. The van der Waals surface area contributed by atoms with Gasteiger partial charge in [0.2, 0.25) is 0 Å². The third-order valence-electron chi connectivity index (χ3n) is 4.19. The van der Waals surface area contributed by atoms with E-state index in [0.717, 1.165) is 29.9 Å². The van der Waals surface area contributed by atoms with Crippen molar-refractivity contribution in [1.29, 1.82) is 0 Å². The Hall–Kier alpha value is -2.08. The van der Waals surface area contributed by atoms with Gasteiger partial charge in [0.25, 0.3) is 5.91 Å². The van der Waals surface area contributed by atoms with Crippen molar-refractivity contribution < 1.29 is 9.53 Å². The summed E-state index contributed by atoms with van der Waals surface area (Å²) in [5.74, 6) is 0.677. The van der Waals surface area contributed by atoms with Crippen LogP contribution in [0.25, 0.3) is 5.69 Å². The fraction of sp³-hybridized carbons (Fsp3) is 0.500. The van der Waals surface area contributed by atoms with Crippen LogP contribution in [0.2, 0.25) is 5.02 Å². The Labute approximate surface area is 152 Å². The van der Waals surface area contributed by atoms with Crippen LogP contribution in [-0.2, 0) is 11.2 Å². The number of amides is 1. The van der Waals surface area contributed by atoms with E-state index in [1.54, 1.807) is 4.68 Å². The van der Waals surface area contributed by atoms with E-state index >= 15 is 0 Å². The van der Waals surface area contributed by atoms with Crippen LogP contribution in [0.1, 0.15) is 44.5 Å². The molecule has 2 aromatic rings. The molecule has 1 aliphatic rings. The molecular weight excluding hydrogens is 340 g/mol. The molecule has 1 aliphatic carbocycles. The highest BCUT2D eigenvalue weighted by Gasteiger charge is 2.28. The minimum absolute atomic E-state index is 0.0956. The van der Waals surface area contributed by atoms with E-state index in [0.29, 0.717) is 23.9 Å². The summed E-state index contributed by atoms with van der Waals surface area (Å²) in [6.07, 6.45) is 2.78. The minimum atomic E-state index is -0.576. The average molecular weight is 363 g/mol. The van der Waals surface area contributed by atoms with Gasteiger partial charge >= 0.3 is 6.01 Å². The molecule has 0 spiro atoms. The highest BCUT2D eigenvalue weighted by atomic mass is 35.5. The molecule has 3 rings (SSSR count). The Balaban J connectivity index is 1.81. The second kappa shape index (κ2) is 7.44. The fourth-order valence-corrected chi connectivity index (χ4v) is 2.66. The summed E-state index contributed by atoms with van der Waals surface area (Å²) in [4.78, 5) is 16.7. The van der Waals surface area contributed by atoms with E-state index in [1.807, 2.05) is 39.0 Å². The monoisotopic (exact) mass is 362 g/mol. The summed E-state index contributed by atoms with van der Waals surface area (Å²) in [5, 5.41) is 8.12. The number of hydrogen-bond acceptors (Lipinski definition) is 4. The van der Waals surface area contributed by atoms with Crippen molar-refractivity contribution in [2.75, 3.05) is 0 Å². The second-order valence-corrected chi connectivity index (χ2v) is 6.71. The van der Waals surface area contributed by atoms with Crippen molar-refractivity contribution in [3.63, 3.8) is 0 Å². The quantitative estimate of drug-likeness (QED) is 0.821. The predicted octanol–water partition coefficient (Wildman–Crippen LogP) is 3.23. The zero-order valence-corrected chi connectivity index (χ0v) is 15.5. The number of nitrogens with one attached hydrogen (secondary N) is 1. The zero-order valence-electron chi connectivity index (χ0n) is 14.8. The zero-order chi connectivity index (χ0) is 18.0. The normalized spacial score (nSPS) is 15.0. The van der Waals surface area contributed by atoms with Crippen LogP contribution < -0.4 is 10.1 Å². The van der Waals surface area contributed by atoms with Crippen LogP contribution in [0.5, 0.6) is 6.01 Å². The van der Waals surface area contributed by atoms with E-state index in [2.05, 4.69) is 15.4 Å². The molecule has 1 amide bonds. The van der Waals surface area contributed by atoms with Crippen LogP contribution >= 0.6 is 11.6 Å². The van der Waals surface area contributed by atoms with Gasteiger partial charge in [0.15, 0.2) is 6.10 Å². The largest absolute Gasteiger partial charge is 0.449 e. The second-order valence-electron chi connectivity index (χ2n) is 6.31. The lowest BCUT2D eigenvalue weighted by molar-refractivity contribution is -0.128. The lowest BCUT2D eigenvalue weighted by Crippen LogP contribution is -2.39. The van der Waals surface area contributed by atoms with Crippen LogP contribution in [-0.4, -0.2) is 32.8 Å². The maximum atomic E-state index is 12.2. The number of nitrogens with zero attached hydrogens (tertiary/aromatic N) is 3. The van der Waals surface area contributed by atoms with Gasteiger partial charge in [0.05, 0.1) is 5.69 Å². The van der Waals surface area contributed by atoms with Crippen LogP contribution in [0.15, 0.2) is 18.2 Å². The number of carbonyl (C=O) groups excluding carboxylic acids is 1. The molecule has 0 saturated heterocycles. The summed E-state index contributed by atoms with van der Waals surface area (Å²) in [6.45, 7) is 5.86. The standard InChI is InChI=1S/C18H23ClN4O2/c1-4-15(17(24)20-12-6-7-12)25-18-21-16(5-2)23(22-18)13-8-9-14(19)11(3)10-13/h8-10,12,15H,4-7H2,1-3H3,(H,20,24). The fourth-order valence-electron chi connectivity index (χ4n) is 2.54. The van der Waals surface area contributed by atoms with Gasteiger partial charge in [-0.1, -0.05) is 25.4 Å². The number of hydrogen-bond donors (Lipinski definition) is 1. The maximum absolute atomic E-state index is 12.2. The highest BCUT2D eigenvalue weighted by molar-refractivity contribution is 6.31. The van der Waals surface area contributed by atoms with Crippen LogP contribution in [0.4, 0.5) is 0 Å². The minimum Gasteiger partial charge on any atom is -0.449 e. The Bertz CT molecular complexity index is 770. The summed E-state index contributed by atoms with van der Waals surface area (Å²) in [5.41, 5.74) is 1.84. The number of aryl methyl sites for hydroxylation is 2. The molecule has 6 nitrogen and oxygen atoms in total. The Morgan fingerprint density at radius 2 is 2.20 bits per heavy atom. The molecule has 25 heavy (non-hydrogen) atoms. The first kappa shape index (κ1) is 17.7. The van der Waals surface area contributed by atoms with Crippen molar-refractivity contribution in [2.45, 2.75) is 58.6 Å². The van der Waals surface area contributed by atoms with E-state index < -0.39 is 6.10 Å². The van der Waals surface area contributed by atoms with Gasteiger partial charge in [-0.15, -0.1) is 5.10 Å². The smallest absolute Gasteiger partial charge is 0.336 e. The molecule has 1 heterocycles. The number of rotatable bonds is 7. The molecule has 0 aliphatic heterocycles. The lowest BCUT2D eigenvalue weighted by atomic mass is 10.2. The van der Waals surface area contributed by atoms with Gasteiger partial charge in [0, 0.05) is 17.5 Å². The predicted molar refractivity (Wildman–Crippen MR) is 96.4 cm³/mol. The summed E-state index contributed by atoms with van der Waals surface area (Å²) in [7, 11) is 0. The van der Waals surface area contributed by atoms with E-state index in [1.165, 1.54) is 0 Å². The number of aromatic nitrogens is 3. The molecule has 134 valence electrons. The maximum Gasteiger partial charge on any atom is 0.336 e. The van der Waals surface area contributed by atoms with Gasteiger partial charge in [0.1, 0.15) is 5.82 Å². The summed E-state index contributed by atoms with van der Waals surface area (Å²) < 4.78 is 7.51. The first-order valence-corrected chi connectivity index (χ1v) is 9.09. The number of halogens is 1. The molecular formula is C18H23ClN4O2. The van der Waals surface area contributed by atoms with Crippen molar-refractivity contribution in [2.24, 2.45) is 0 Å². The molecule has 1 atom stereocenters. The average Bonchev–Trinajstić information content (AvgIpc) is 3.31. The van der Waals surface area contributed by atoms with Crippen molar-refractivity contribution in [3.8, 4) is 11.7 Å². The third-order valence-corrected chi connectivity index (χ3v) is 4.62. The van der Waals surface area contributed by atoms with Gasteiger partial charge in [-0.05, 0) is 49.9 Å². The van der Waals surface area contributed by atoms with Gasteiger partial charge < -0.3 is 10.1 Å². The van der Waals surface area contributed by atoms with Gasteiger partial charge in [-0.2, -0.15) is 4.98 Å². The molecule has 0 radical (unpaired) electrons. The van der Waals surface area contributed by atoms with Crippen LogP contribution in [0, 0.1) is 6.92 Å². The van der Waals surface area contributed by atoms with Crippen molar-refractivity contribution in [1.82, 2.24) is 20.1 Å². The van der Waals surface area contributed by atoms with E-state index in [9.17, 15) is 4.79 Å². The summed E-state index contributed by atoms with van der Waals surface area (Å²) in [6, 6.07) is 6.22. The summed E-state index contributed by atoms with van der Waals surface area (Å²) >= 11 is 6.10. The molecule has 0 bridgehead atoms. The Morgan fingerprint density at radius 1 is 1.44 bits per heavy atom. The Morgan fingerprint density at radius 3 is 2.80 bits per heavy atom. The molecule has 1 aromatic carbocycles. The number of ether oxygens (including phenoxy) is 1.